The van der Waals surface area contributed by atoms with E-state index in [-0.39, 0.29) is 0 Å². The second kappa shape index (κ2) is 33.8. The van der Waals surface area contributed by atoms with Crippen LogP contribution in [0.5, 0.6) is 0 Å². The molecule has 0 heterocycles. The van der Waals surface area contributed by atoms with E-state index < -0.39 is 0 Å². The lowest BCUT2D eigenvalue weighted by molar-refractivity contribution is -0.906. The Morgan fingerprint density at radius 1 is 0.238 bits per heavy atom. The minimum absolute atomic E-state index is 1.26. The van der Waals surface area contributed by atoms with Gasteiger partial charge in [0.1, 0.15) is 0 Å². The highest BCUT2D eigenvalue weighted by Crippen LogP contribution is 2.15. The summed E-state index contributed by atoms with van der Waals surface area (Å²) in [7, 11) is 4.81. The van der Waals surface area contributed by atoms with Crippen molar-refractivity contribution in [2.45, 2.75) is 208 Å². The van der Waals surface area contributed by atoms with Crippen molar-refractivity contribution in [3.8, 4) is 0 Å². The third-order valence-electron chi connectivity index (χ3n) is 10.7. The molecular formula is C40H88N2+2. The van der Waals surface area contributed by atoms with Crippen molar-refractivity contribution in [3.05, 3.63) is 0 Å². The van der Waals surface area contributed by atoms with Crippen LogP contribution in [0.1, 0.15) is 208 Å². The Hall–Kier alpha value is -0.0800. The molecule has 0 aromatic rings. The minimum atomic E-state index is 1.26. The summed E-state index contributed by atoms with van der Waals surface area (Å²) in [5.41, 5.74) is 0. The lowest BCUT2D eigenvalue weighted by atomic mass is 10.0. The normalized spacial score (nSPS) is 12.0. The number of nitrogens with zero attached hydrogens (tertiary/aromatic N) is 2. The molecule has 0 saturated carbocycles. The summed E-state index contributed by atoms with van der Waals surface area (Å²) < 4.78 is 2.52. The van der Waals surface area contributed by atoms with Crippen molar-refractivity contribution in [3.63, 3.8) is 0 Å². The fraction of sp³-hybridized carbons (Fsp3) is 1.00. The van der Waals surface area contributed by atoms with Crippen molar-refractivity contribution in [1.29, 1.82) is 0 Å². The largest absolute Gasteiger partial charge is 0.327 e. The zero-order valence-electron chi connectivity index (χ0n) is 31.5. The van der Waals surface area contributed by atoms with Gasteiger partial charge in [0, 0.05) is 0 Å². The molecule has 0 aliphatic carbocycles. The van der Waals surface area contributed by atoms with E-state index in [9.17, 15) is 0 Å². The highest BCUT2D eigenvalue weighted by molar-refractivity contribution is 4.51. The molecule has 0 aromatic heterocycles. The summed E-state index contributed by atoms with van der Waals surface area (Å²) in [6, 6.07) is 0. The van der Waals surface area contributed by atoms with E-state index in [2.05, 4.69) is 55.6 Å². The maximum Gasteiger partial charge on any atom is 0.0784 e. The predicted molar refractivity (Wildman–Crippen MR) is 196 cm³/mol. The number of hydrogen-bond donors (Lipinski definition) is 0. The SMILES string of the molecule is CCCCCCCCCCCCCCCC[N+](C)(CC)CC.CCCCCCCCCCCCCC[N+](C)(CC)CC. The van der Waals surface area contributed by atoms with E-state index in [4.69, 9.17) is 0 Å². The second-order valence-corrected chi connectivity index (χ2v) is 14.4. The topological polar surface area (TPSA) is 0 Å². The second-order valence-electron chi connectivity index (χ2n) is 14.4. The molecule has 0 N–H and O–H groups in total. The molecule has 2 heteroatoms. The van der Waals surface area contributed by atoms with E-state index in [1.807, 2.05) is 0 Å². The van der Waals surface area contributed by atoms with Crippen LogP contribution in [0.25, 0.3) is 0 Å². The van der Waals surface area contributed by atoms with Crippen LogP contribution < -0.4 is 0 Å². The van der Waals surface area contributed by atoms with E-state index >= 15 is 0 Å². The Balaban J connectivity index is 0. The fourth-order valence-electron chi connectivity index (χ4n) is 6.10. The van der Waals surface area contributed by atoms with E-state index in [1.54, 1.807) is 0 Å². The first-order chi connectivity index (χ1) is 20.4. The maximum absolute atomic E-state index is 2.41. The number of rotatable bonds is 32. The van der Waals surface area contributed by atoms with Crippen LogP contribution in [0.3, 0.4) is 0 Å². The summed E-state index contributed by atoms with van der Waals surface area (Å²) >= 11 is 0. The van der Waals surface area contributed by atoms with Crippen molar-refractivity contribution < 1.29 is 8.97 Å². The molecule has 2 nitrogen and oxygen atoms in total. The number of hydrogen-bond acceptors (Lipinski definition) is 0. The van der Waals surface area contributed by atoms with Gasteiger partial charge in [0.15, 0.2) is 0 Å². The average molecular weight is 597 g/mol. The molecule has 0 fully saturated rings. The smallest absolute Gasteiger partial charge is 0.0784 e. The van der Waals surface area contributed by atoms with Gasteiger partial charge in [0.05, 0.1) is 53.4 Å². The summed E-state index contributed by atoms with van der Waals surface area (Å²) in [4.78, 5) is 0. The molecule has 0 aliphatic heterocycles. The van der Waals surface area contributed by atoms with Crippen molar-refractivity contribution in [2.75, 3.05) is 53.4 Å². The van der Waals surface area contributed by atoms with Gasteiger partial charge in [0.2, 0.25) is 0 Å². The van der Waals surface area contributed by atoms with E-state index in [0.29, 0.717) is 0 Å². The molecule has 0 unspecified atom stereocenters. The van der Waals surface area contributed by atoms with Gasteiger partial charge in [-0.2, -0.15) is 0 Å². The summed E-state index contributed by atoms with van der Waals surface area (Å²) in [5.74, 6) is 0. The van der Waals surface area contributed by atoms with Crippen LogP contribution in [0, 0.1) is 0 Å². The highest BCUT2D eigenvalue weighted by Gasteiger charge is 2.15. The van der Waals surface area contributed by atoms with Crippen LogP contribution in [0.2, 0.25) is 0 Å². The molecule has 0 spiro atoms. The molecule has 0 aliphatic rings. The van der Waals surface area contributed by atoms with Crippen LogP contribution in [0.15, 0.2) is 0 Å². The molecule has 0 rings (SSSR count). The van der Waals surface area contributed by atoms with E-state index in [1.165, 1.54) is 215 Å². The Morgan fingerprint density at radius 2 is 0.405 bits per heavy atom. The zero-order valence-corrected chi connectivity index (χ0v) is 31.5. The summed E-state index contributed by atoms with van der Waals surface area (Å²) in [6.07, 6.45) is 37.9. The van der Waals surface area contributed by atoms with Gasteiger partial charge in [-0.3, -0.25) is 0 Å². The lowest BCUT2D eigenvalue weighted by Crippen LogP contribution is -2.44. The third-order valence-corrected chi connectivity index (χ3v) is 10.7. The van der Waals surface area contributed by atoms with Crippen LogP contribution in [-0.4, -0.2) is 62.3 Å². The zero-order chi connectivity index (χ0) is 31.6. The fourth-order valence-corrected chi connectivity index (χ4v) is 6.10. The van der Waals surface area contributed by atoms with Crippen molar-refractivity contribution in [1.82, 2.24) is 0 Å². The Labute approximate surface area is 270 Å². The molecule has 0 saturated heterocycles. The number of unbranched alkanes of at least 4 members (excludes halogenated alkanes) is 24. The average Bonchev–Trinajstić information content (AvgIpc) is 3.01. The molecular weight excluding hydrogens is 508 g/mol. The van der Waals surface area contributed by atoms with Gasteiger partial charge < -0.3 is 8.97 Å². The van der Waals surface area contributed by atoms with Gasteiger partial charge in [-0.05, 0) is 53.4 Å². The van der Waals surface area contributed by atoms with Crippen LogP contribution in [-0.2, 0) is 0 Å². The van der Waals surface area contributed by atoms with Gasteiger partial charge in [-0.1, -0.05) is 155 Å². The Morgan fingerprint density at radius 3 is 0.571 bits per heavy atom. The van der Waals surface area contributed by atoms with Crippen molar-refractivity contribution >= 4 is 0 Å². The molecule has 0 bridgehead atoms. The molecule has 0 radical (unpaired) electrons. The highest BCUT2D eigenvalue weighted by atomic mass is 15.3. The molecule has 256 valence electrons. The first kappa shape index (κ1) is 44.0. The minimum Gasteiger partial charge on any atom is -0.327 e. The third kappa shape index (κ3) is 31.3. The first-order valence-electron chi connectivity index (χ1n) is 20.0. The standard InChI is InChI=1S/C21H46N.C19H42N/c1-5-8-9-10-11-12-13-14-15-16-17-18-19-20-21-22(4,6-2)7-3;1-5-8-9-10-11-12-13-14-15-16-17-18-19-20(4,6-2)7-3/h5-21H2,1-4H3;5-19H2,1-4H3/q2*+1. The lowest BCUT2D eigenvalue weighted by Gasteiger charge is -2.32. The summed E-state index contributed by atoms with van der Waals surface area (Å²) in [5, 5.41) is 0. The monoisotopic (exact) mass is 597 g/mol. The molecule has 42 heavy (non-hydrogen) atoms. The Bertz CT molecular complexity index is 480. The molecule has 0 aromatic carbocycles. The summed E-state index contributed by atoms with van der Waals surface area (Å²) in [6.45, 7) is 21.8. The predicted octanol–water partition coefficient (Wildman–Crippen LogP) is 13.1. The quantitative estimate of drug-likeness (QED) is 0.0535. The molecule has 0 amide bonds. The van der Waals surface area contributed by atoms with Crippen LogP contribution in [0.4, 0.5) is 0 Å². The van der Waals surface area contributed by atoms with Crippen LogP contribution >= 0.6 is 0 Å². The number of quaternary nitrogens is 2. The first-order valence-corrected chi connectivity index (χ1v) is 20.0. The van der Waals surface area contributed by atoms with E-state index in [0.717, 1.165) is 0 Å². The van der Waals surface area contributed by atoms with Crippen molar-refractivity contribution in [2.24, 2.45) is 0 Å². The van der Waals surface area contributed by atoms with Gasteiger partial charge in [-0.25, -0.2) is 0 Å². The molecule has 0 atom stereocenters. The van der Waals surface area contributed by atoms with Gasteiger partial charge >= 0.3 is 0 Å². The van der Waals surface area contributed by atoms with Gasteiger partial charge in [-0.15, -0.1) is 0 Å². The van der Waals surface area contributed by atoms with Gasteiger partial charge in [0.25, 0.3) is 0 Å². The maximum atomic E-state index is 2.41. The Kier molecular flexibility index (Phi) is 35.5.